The number of urea groups is 1. The summed E-state index contributed by atoms with van der Waals surface area (Å²) in [6.45, 7) is 12.7. The highest BCUT2D eigenvalue weighted by molar-refractivity contribution is 7.22. The van der Waals surface area contributed by atoms with Crippen molar-refractivity contribution in [3.05, 3.63) is 42.6 Å². The number of hydrogen-bond donors (Lipinski definition) is 3. The summed E-state index contributed by atoms with van der Waals surface area (Å²) in [4.78, 5) is 39.9. The van der Waals surface area contributed by atoms with Crippen molar-refractivity contribution in [3.8, 4) is 22.5 Å². The van der Waals surface area contributed by atoms with Crippen LogP contribution in [-0.4, -0.2) is 80.2 Å². The number of nitrogens with one attached hydrogen (secondary N) is 2. The number of carbonyl (C=O) groups is 1. The number of carbonyl (C=O) groups excluding carboxylic acids is 1. The molecule has 0 atom stereocenters. The van der Waals surface area contributed by atoms with E-state index in [1.165, 1.54) is 11.3 Å². The second-order valence-corrected chi connectivity index (χ2v) is 10.9. The largest absolute Gasteiger partial charge is 0.382 e. The molecular weight excluding hydrogens is 514 g/mol. The van der Waals surface area contributed by atoms with Crippen molar-refractivity contribution in [2.75, 3.05) is 49.5 Å². The van der Waals surface area contributed by atoms with Gasteiger partial charge in [-0.25, -0.2) is 29.7 Å². The van der Waals surface area contributed by atoms with Crippen molar-refractivity contribution in [3.63, 3.8) is 0 Å². The summed E-state index contributed by atoms with van der Waals surface area (Å²) in [5.74, 6) is 1.81. The van der Waals surface area contributed by atoms with E-state index in [1.807, 2.05) is 25.1 Å². The Morgan fingerprint density at radius 2 is 1.79 bits per heavy atom. The molecule has 0 radical (unpaired) electrons. The van der Waals surface area contributed by atoms with Gasteiger partial charge in [0.1, 0.15) is 11.4 Å². The zero-order chi connectivity index (χ0) is 27.6. The third-order valence-corrected chi connectivity index (χ3v) is 7.63. The van der Waals surface area contributed by atoms with Crippen LogP contribution in [0.4, 0.5) is 15.7 Å². The Morgan fingerprint density at radius 3 is 2.46 bits per heavy atom. The fraction of sp³-hybridized carbons (Fsp3) is 0.407. The number of benzene rings is 1. The first-order valence-electron chi connectivity index (χ1n) is 13.1. The molecule has 1 aromatic carbocycles. The highest BCUT2D eigenvalue weighted by atomic mass is 32.1. The first-order valence-corrected chi connectivity index (χ1v) is 13.9. The predicted molar refractivity (Wildman–Crippen MR) is 154 cm³/mol. The van der Waals surface area contributed by atoms with Gasteiger partial charge in [0.15, 0.2) is 16.8 Å². The highest BCUT2D eigenvalue weighted by Gasteiger charge is 2.22. The van der Waals surface area contributed by atoms with Crippen LogP contribution in [0.2, 0.25) is 0 Å². The molecule has 0 bridgehead atoms. The average molecular weight is 548 g/mol. The number of aromatic nitrogens is 5. The number of rotatable bonds is 7. The molecule has 4 heterocycles. The maximum absolute atomic E-state index is 12.2. The minimum Gasteiger partial charge on any atom is -0.382 e. The molecule has 3 aromatic heterocycles. The number of fused-ring (bicyclic) bond motifs is 1. The van der Waals surface area contributed by atoms with Crippen LogP contribution in [0.25, 0.3) is 32.7 Å². The number of amides is 2. The smallest absolute Gasteiger partial charge is 0.321 e. The number of nitrogens with zero attached hydrogens (tertiary/aromatic N) is 7. The van der Waals surface area contributed by atoms with E-state index in [2.05, 4.69) is 47.3 Å². The molecule has 11 nitrogen and oxygen atoms in total. The number of piperazine rings is 1. The van der Waals surface area contributed by atoms with Crippen LogP contribution in [0.15, 0.2) is 36.8 Å². The normalized spacial score (nSPS) is 14.5. The van der Waals surface area contributed by atoms with Crippen molar-refractivity contribution < 1.29 is 9.90 Å². The van der Waals surface area contributed by atoms with Crippen molar-refractivity contribution in [2.45, 2.75) is 33.3 Å². The Kier molecular flexibility index (Phi) is 7.69. The third kappa shape index (κ3) is 5.97. The lowest BCUT2D eigenvalue weighted by Crippen LogP contribution is -2.46. The molecule has 4 aromatic rings. The van der Waals surface area contributed by atoms with Gasteiger partial charge in [0.05, 0.1) is 10.2 Å². The Hall–Kier alpha value is -3.74. The molecule has 0 saturated carbocycles. The van der Waals surface area contributed by atoms with Crippen molar-refractivity contribution in [2.24, 2.45) is 0 Å². The van der Waals surface area contributed by atoms with E-state index >= 15 is 0 Å². The van der Waals surface area contributed by atoms with E-state index in [1.54, 1.807) is 32.4 Å². The van der Waals surface area contributed by atoms with Crippen LogP contribution in [-0.2, 0) is 5.60 Å². The Labute approximate surface area is 231 Å². The minimum absolute atomic E-state index is 0.307. The summed E-state index contributed by atoms with van der Waals surface area (Å²) in [6, 6.07) is 5.59. The lowest BCUT2D eigenvalue weighted by molar-refractivity contribution is 0.0687. The second-order valence-electron chi connectivity index (χ2n) is 9.89. The van der Waals surface area contributed by atoms with Gasteiger partial charge in [-0.05, 0) is 51.1 Å². The lowest BCUT2D eigenvalue weighted by Gasteiger charge is -2.34. The summed E-state index contributed by atoms with van der Waals surface area (Å²) < 4.78 is 0.868. The molecule has 1 aliphatic heterocycles. The monoisotopic (exact) mass is 547 g/mol. The van der Waals surface area contributed by atoms with Gasteiger partial charge in [0, 0.05) is 62.4 Å². The second kappa shape index (κ2) is 11.2. The minimum atomic E-state index is -1.14. The molecule has 12 heteroatoms. The van der Waals surface area contributed by atoms with Gasteiger partial charge in [-0.2, -0.15) is 0 Å². The Balaban J connectivity index is 1.57. The average Bonchev–Trinajstić information content (AvgIpc) is 3.34. The van der Waals surface area contributed by atoms with Crippen LogP contribution in [0.1, 0.15) is 33.5 Å². The summed E-state index contributed by atoms with van der Waals surface area (Å²) in [5.41, 5.74) is 1.98. The standard InChI is InChI=1S/C27H33N9O2S/c1-5-28-25(37)34-26-32-20-14-17(18-15-30-24(31-16-18)27(3,4)38)13-19(22(20)39-26)23-29-8-7-21(33-23)36-11-9-35(6-2)10-12-36/h7-8,13-16,38H,5-6,9-12H2,1-4H3,(H2,28,32,34,37). The van der Waals surface area contributed by atoms with Gasteiger partial charge in [-0.1, -0.05) is 18.3 Å². The molecule has 39 heavy (non-hydrogen) atoms. The van der Waals surface area contributed by atoms with Gasteiger partial charge in [-0.3, -0.25) is 5.32 Å². The summed E-state index contributed by atoms with van der Waals surface area (Å²) >= 11 is 1.38. The first-order chi connectivity index (χ1) is 18.7. The van der Waals surface area contributed by atoms with Crippen molar-refractivity contribution >= 4 is 38.5 Å². The molecule has 204 valence electrons. The number of likely N-dealkylation sites (N-methyl/N-ethyl adjacent to an activating group) is 1. The molecular formula is C27H33N9O2S. The molecule has 1 fully saturated rings. The van der Waals surface area contributed by atoms with Gasteiger partial charge < -0.3 is 20.2 Å². The molecule has 2 amide bonds. The van der Waals surface area contributed by atoms with E-state index in [9.17, 15) is 9.90 Å². The quantitative estimate of drug-likeness (QED) is 0.317. The maximum Gasteiger partial charge on any atom is 0.321 e. The molecule has 1 aliphatic rings. The van der Waals surface area contributed by atoms with Crippen LogP contribution in [0, 0.1) is 0 Å². The van der Waals surface area contributed by atoms with Gasteiger partial charge in [-0.15, -0.1) is 0 Å². The SMILES string of the molecule is CCNC(=O)Nc1nc2cc(-c3cnc(C(C)(C)O)nc3)cc(-c3nccc(N4CCN(CC)CC4)n3)c2s1. The van der Waals surface area contributed by atoms with E-state index in [0.29, 0.717) is 28.8 Å². The zero-order valence-electron chi connectivity index (χ0n) is 22.6. The number of hydrogen-bond acceptors (Lipinski definition) is 10. The molecule has 3 N–H and O–H groups in total. The maximum atomic E-state index is 12.2. The summed E-state index contributed by atoms with van der Waals surface area (Å²) in [5, 5.41) is 16.3. The van der Waals surface area contributed by atoms with E-state index in [-0.39, 0.29) is 6.03 Å². The van der Waals surface area contributed by atoms with E-state index < -0.39 is 5.60 Å². The van der Waals surface area contributed by atoms with E-state index in [4.69, 9.17) is 4.98 Å². The molecule has 0 aliphatic carbocycles. The van der Waals surface area contributed by atoms with Crippen molar-refractivity contribution in [1.82, 2.24) is 35.1 Å². The molecule has 0 spiro atoms. The summed E-state index contributed by atoms with van der Waals surface area (Å²) in [7, 11) is 0. The van der Waals surface area contributed by atoms with Crippen LogP contribution < -0.4 is 15.5 Å². The van der Waals surface area contributed by atoms with Gasteiger partial charge in [0.2, 0.25) is 0 Å². The number of thiazole rings is 1. The van der Waals surface area contributed by atoms with Crippen LogP contribution in [0.5, 0.6) is 0 Å². The third-order valence-electron chi connectivity index (χ3n) is 6.61. The Bertz CT molecular complexity index is 1460. The zero-order valence-corrected chi connectivity index (χ0v) is 23.4. The van der Waals surface area contributed by atoms with Gasteiger partial charge in [0.25, 0.3) is 0 Å². The van der Waals surface area contributed by atoms with Crippen LogP contribution >= 0.6 is 11.3 Å². The molecule has 5 rings (SSSR count). The topological polar surface area (TPSA) is 132 Å². The molecule has 1 saturated heterocycles. The first kappa shape index (κ1) is 26.9. The van der Waals surface area contributed by atoms with Gasteiger partial charge >= 0.3 is 6.03 Å². The van der Waals surface area contributed by atoms with Crippen molar-refractivity contribution in [1.29, 1.82) is 0 Å². The molecule has 0 unspecified atom stereocenters. The summed E-state index contributed by atoms with van der Waals surface area (Å²) in [6.07, 6.45) is 5.17. The Morgan fingerprint density at radius 1 is 1.05 bits per heavy atom. The number of aliphatic hydroxyl groups is 1. The van der Waals surface area contributed by atoms with Crippen LogP contribution in [0.3, 0.4) is 0 Å². The fourth-order valence-electron chi connectivity index (χ4n) is 4.46. The van der Waals surface area contributed by atoms with E-state index in [0.717, 1.165) is 59.9 Å². The fourth-order valence-corrected chi connectivity index (χ4v) is 5.41. The highest BCUT2D eigenvalue weighted by Crippen LogP contribution is 2.38. The number of anilines is 2. The predicted octanol–water partition coefficient (Wildman–Crippen LogP) is 3.72. The lowest BCUT2D eigenvalue weighted by atomic mass is 10.0.